The van der Waals surface area contributed by atoms with Crippen molar-refractivity contribution in [2.45, 2.75) is 12.8 Å². The lowest BCUT2D eigenvalue weighted by Gasteiger charge is -2.18. The first-order valence-electron chi connectivity index (χ1n) is 7.34. The highest BCUT2D eigenvalue weighted by Crippen LogP contribution is 2.28. The lowest BCUT2D eigenvalue weighted by Crippen LogP contribution is -2.30. The first kappa shape index (κ1) is 14.4. The molecular formula is C16H19ClN2O2. The summed E-state index contributed by atoms with van der Waals surface area (Å²) in [4.78, 5) is 12.2. The van der Waals surface area contributed by atoms with Crippen LogP contribution in [0.5, 0.6) is 5.75 Å². The molecule has 1 saturated heterocycles. The van der Waals surface area contributed by atoms with Crippen molar-refractivity contribution in [1.29, 1.82) is 0 Å². The molecule has 2 aliphatic heterocycles. The van der Waals surface area contributed by atoms with E-state index in [9.17, 15) is 4.79 Å². The third-order valence-corrected chi connectivity index (χ3v) is 4.21. The molecule has 4 nitrogen and oxygen atoms in total. The second-order valence-corrected chi connectivity index (χ2v) is 5.98. The minimum absolute atomic E-state index is 0.0495. The van der Waals surface area contributed by atoms with Crippen LogP contribution in [-0.4, -0.2) is 32.1 Å². The summed E-state index contributed by atoms with van der Waals surface area (Å²) in [7, 11) is 0. The van der Waals surface area contributed by atoms with Crippen molar-refractivity contribution in [3.05, 3.63) is 34.4 Å². The maximum Gasteiger partial charge on any atom is 0.250 e. The molecule has 1 aromatic rings. The zero-order valence-corrected chi connectivity index (χ0v) is 12.6. The van der Waals surface area contributed by atoms with Crippen molar-refractivity contribution in [3.8, 4) is 5.75 Å². The van der Waals surface area contributed by atoms with Gasteiger partial charge in [-0.25, -0.2) is 0 Å². The number of hydrogen-bond acceptors (Lipinski definition) is 3. The fourth-order valence-corrected chi connectivity index (χ4v) is 2.92. The van der Waals surface area contributed by atoms with Gasteiger partial charge in [-0.3, -0.25) is 4.79 Å². The zero-order chi connectivity index (χ0) is 14.7. The van der Waals surface area contributed by atoms with Gasteiger partial charge in [0, 0.05) is 17.1 Å². The summed E-state index contributed by atoms with van der Waals surface area (Å²) >= 11 is 5.97. The summed E-state index contributed by atoms with van der Waals surface area (Å²) in [6, 6.07) is 5.43. The van der Waals surface area contributed by atoms with Gasteiger partial charge in [0.1, 0.15) is 12.4 Å². The number of fused-ring (bicyclic) bond motifs is 1. The van der Waals surface area contributed by atoms with Gasteiger partial charge in [0.25, 0.3) is 5.91 Å². The predicted octanol–water partition coefficient (Wildman–Crippen LogP) is 2.23. The monoisotopic (exact) mass is 306 g/mol. The number of benzene rings is 1. The summed E-state index contributed by atoms with van der Waals surface area (Å²) < 4.78 is 5.59. The summed E-state index contributed by atoms with van der Waals surface area (Å²) in [5, 5.41) is 6.95. The standard InChI is InChI=1S/C16H19ClN2O2/c17-14-1-2-15-12(8-14)7-13(10-21-15)16(20)19-6-4-11-3-5-18-9-11/h1-2,7-8,11,18H,3-6,9-10H2,(H,19,20). The molecular weight excluding hydrogens is 288 g/mol. The van der Waals surface area contributed by atoms with Gasteiger partial charge in [-0.05, 0) is 56.1 Å². The summed E-state index contributed by atoms with van der Waals surface area (Å²) in [6.07, 6.45) is 4.08. The highest BCUT2D eigenvalue weighted by Gasteiger charge is 2.18. The van der Waals surface area contributed by atoms with Crippen LogP contribution in [0, 0.1) is 5.92 Å². The van der Waals surface area contributed by atoms with Crippen molar-refractivity contribution in [2.75, 3.05) is 26.2 Å². The quantitative estimate of drug-likeness (QED) is 0.897. The third-order valence-electron chi connectivity index (χ3n) is 3.98. The van der Waals surface area contributed by atoms with E-state index in [1.807, 2.05) is 18.2 Å². The smallest absolute Gasteiger partial charge is 0.250 e. The molecule has 0 radical (unpaired) electrons. The van der Waals surface area contributed by atoms with E-state index in [2.05, 4.69) is 10.6 Å². The lowest BCUT2D eigenvalue weighted by atomic mass is 10.0. The minimum atomic E-state index is -0.0495. The Morgan fingerprint density at radius 3 is 3.19 bits per heavy atom. The van der Waals surface area contributed by atoms with E-state index in [0.717, 1.165) is 30.8 Å². The third kappa shape index (κ3) is 3.57. The topological polar surface area (TPSA) is 50.4 Å². The fourth-order valence-electron chi connectivity index (χ4n) is 2.74. The van der Waals surface area contributed by atoms with E-state index in [0.29, 0.717) is 29.7 Å². The van der Waals surface area contributed by atoms with Crippen LogP contribution in [0.2, 0.25) is 5.02 Å². The molecule has 1 aromatic carbocycles. The van der Waals surface area contributed by atoms with Crippen LogP contribution in [0.25, 0.3) is 6.08 Å². The Morgan fingerprint density at radius 2 is 2.38 bits per heavy atom. The molecule has 5 heteroatoms. The SMILES string of the molecule is O=C(NCCC1CCNC1)C1=Cc2cc(Cl)ccc2OC1. The predicted molar refractivity (Wildman–Crippen MR) is 83.5 cm³/mol. The zero-order valence-electron chi connectivity index (χ0n) is 11.8. The number of carbonyl (C=O) groups is 1. The number of hydrogen-bond donors (Lipinski definition) is 2. The van der Waals surface area contributed by atoms with E-state index in [1.54, 1.807) is 6.07 Å². The molecule has 0 bridgehead atoms. The van der Waals surface area contributed by atoms with Gasteiger partial charge in [0.05, 0.1) is 5.57 Å². The second-order valence-electron chi connectivity index (χ2n) is 5.54. The Hall–Kier alpha value is -1.52. The summed E-state index contributed by atoms with van der Waals surface area (Å²) in [5.41, 5.74) is 1.51. The Morgan fingerprint density at radius 1 is 1.48 bits per heavy atom. The van der Waals surface area contributed by atoms with Gasteiger partial charge in [-0.15, -0.1) is 0 Å². The largest absolute Gasteiger partial charge is 0.488 e. The number of rotatable bonds is 4. The van der Waals surface area contributed by atoms with Gasteiger partial charge >= 0.3 is 0 Å². The number of ether oxygens (including phenoxy) is 1. The van der Waals surface area contributed by atoms with Crippen LogP contribution in [0.3, 0.4) is 0 Å². The molecule has 2 N–H and O–H groups in total. The van der Waals surface area contributed by atoms with E-state index < -0.39 is 0 Å². The first-order valence-corrected chi connectivity index (χ1v) is 7.72. The Balaban J connectivity index is 1.57. The van der Waals surface area contributed by atoms with Crippen molar-refractivity contribution in [1.82, 2.24) is 10.6 Å². The average molecular weight is 307 g/mol. The molecule has 0 spiro atoms. The van der Waals surface area contributed by atoms with E-state index >= 15 is 0 Å². The molecule has 1 unspecified atom stereocenters. The van der Waals surface area contributed by atoms with E-state index in [4.69, 9.17) is 16.3 Å². The Bertz CT molecular complexity index is 565. The molecule has 0 aromatic heterocycles. The summed E-state index contributed by atoms with van der Waals surface area (Å²) in [5.74, 6) is 1.40. The van der Waals surface area contributed by atoms with Gasteiger partial charge in [0.2, 0.25) is 0 Å². The molecule has 0 saturated carbocycles. The molecule has 1 amide bonds. The molecule has 1 fully saturated rings. The molecule has 2 aliphatic rings. The maximum atomic E-state index is 12.2. The van der Waals surface area contributed by atoms with E-state index in [1.165, 1.54) is 6.42 Å². The fraction of sp³-hybridized carbons (Fsp3) is 0.438. The Labute approximate surface area is 129 Å². The van der Waals surface area contributed by atoms with Crippen molar-refractivity contribution >= 4 is 23.6 Å². The normalized spacial score (nSPS) is 20.4. The molecule has 112 valence electrons. The van der Waals surface area contributed by atoms with Gasteiger partial charge in [0.15, 0.2) is 0 Å². The number of amides is 1. The minimum Gasteiger partial charge on any atom is -0.488 e. The number of carbonyl (C=O) groups excluding carboxylic acids is 1. The van der Waals surface area contributed by atoms with E-state index in [-0.39, 0.29) is 5.91 Å². The van der Waals surface area contributed by atoms with Crippen LogP contribution < -0.4 is 15.4 Å². The van der Waals surface area contributed by atoms with Crippen LogP contribution >= 0.6 is 11.6 Å². The second kappa shape index (κ2) is 6.50. The van der Waals surface area contributed by atoms with Crippen LogP contribution in [0.1, 0.15) is 18.4 Å². The van der Waals surface area contributed by atoms with Crippen LogP contribution in [-0.2, 0) is 4.79 Å². The number of halogens is 1. The average Bonchev–Trinajstić information content (AvgIpc) is 2.99. The molecule has 1 atom stereocenters. The Kier molecular flexibility index (Phi) is 4.46. The van der Waals surface area contributed by atoms with Crippen LogP contribution in [0.4, 0.5) is 0 Å². The van der Waals surface area contributed by atoms with Crippen molar-refractivity contribution < 1.29 is 9.53 Å². The van der Waals surface area contributed by atoms with Crippen molar-refractivity contribution in [2.24, 2.45) is 5.92 Å². The van der Waals surface area contributed by atoms with Gasteiger partial charge < -0.3 is 15.4 Å². The highest BCUT2D eigenvalue weighted by molar-refractivity contribution is 6.30. The van der Waals surface area contributed by atoms with Gasteiger partial charge in [-0.1, -0.05) is 11.6 Å². The van der Waals surface area contributed by atoms with Crippen LogP contribution in [0.15, 0.2) is 23.8 Å². The number of nitrogens with one attached hydrogen (secondary N) is 2. The molecule has 3 rings (SSSR count). The molecule has 0 aliphatic carbocycles. The maximum absolute atomic E-state index is 12.2. The van der Waals surface area contributed by atoms with Gasteiger partial charge in [-0.2, -0.15) is 0 Å². The lowest BCUT2D eigenvalue weighted by molar-refractivity contribution is -0.117. The highest BCUT2D eigenvalue weighted by atomic mass is 35.5. The first-order chi connectivity index (χ1) is 10.2. The summed E-state index contributed by atoms with van der Waals surface area (Å²) in [6.45, 7) is 3.18. The molecule has 2 heterocycles. The molecule has 21 heavy (non-hydrogen) atoms. The van der Waals surface area contributed by atoms with Crippen molar-refractivity contribution in [3.63, 3.8) is 0 Å².